The normalized spacial score (nSPS) is 23.2. The van der Waals surface area contributed by atoms with Crippen LogP contribution in [0.5, 0.6) is 0 Å². The minimum atomic E-state index is -0.634. The molecule has 1 aliphatic heterocycles. The highest BCUT2D eigenvalue weighted by Crippen LogP contribution is 2.24. The average Bonchev–Trinajstić information content (AvgIpc) is 2.37. The fourth-order valence-corrected chi connectivity index (χ4v) is 1.97. The second-order valence-electron chi connectivity index (χ2n) is 3.95. The lowest BCUT2D eigenvalue weighted by molar-refractivity contribution is -0.310. The second kappa shape index (κ2) is 6.28. The van der Waals surface area contributed by atoms with Crippen molar-refractivity contribution in [1.29, 1.82) is 0 Å². The summed E-state index contributed by atoms with van der Waals surface area (Å²) in [4.78, 5) is 0. The van der Waals surface area contributed by atoms with Gasteiger partial charge in [0.1, 0.15) is 5.66 Å². The molecule has 1 fully saturated rings. The van der Waals surface area contributed by atoms with Crippen molar-refractivity contribution in [1.82, 2.24) is 16.0 Å². The molecule has 1 heterocycles. The number of rotatable bonds is 6. The Morgan fingerprint density at radius 1 is 1.06 bits per heavy atom. The first-order valence-corrected chi connectivity index (χ1v) is 6.68. The molecule has 1 saturated heterocycles. The number of nitrogens with one attached hydrogen (secondary N) is 3. The van der Waals surface area contributed by atoms with Crippen molar-refractivity contribution in [3.05, 3.63) is 0 Å². The number of hydrogen-bond acceptors (Lipinski definition) is 5. The van der Waals surface area contributed by atoms with Crippen LogP contribution in [0.2, 0.25) is 0 Å². The van der Waals surface area contributed by atoms with Gasteiger partial charge in [-0.2, -0.15) is 0 Å². The minimum absolute atomic E-state index is 0.283. The third-order valence-electron chi connectivity index (χ3n) is 3.08. The van der Waals surface area contributed by atoms with Crippen molar-refractivity contribution in [3.8, 4) is 0 Å². The van der Waals surface area contributed by atoms with Crippen molar-refractivity contribution >= 4 is 15.9 Å². The summed E-state index contributed by atoms with van der Waals surface area (Å²) in [6, 6.07) is 0. The second-order valence-corrected chi connectivity index (χ2v) is 4.75. The van der Waals surface area contributed by atoms with Gasteiger partial charge in [-0.05, 0) is 27.6 Å². The van der Waals surface area contributed by atoms with E-state index in [1.807, 2.05) is 21.1 Å². The first kappa shape index (κ1) is 14.3. The predicted molar refractivity (Wildman–Crippen MR) is 67.6 cm³/mol. The monoisotopic (exact) mass is 295 g/mol. The van der Waals surface area contributed by atoms with Crippen molar-refractivity contribution in [2.24, 2.45) is 0 Å². The maximum Gasteiger partial charge on any atom is 0.227 e. The van der Waals surface area contributed by atoms with Gasteiger partial charge in [0.15, 0.2) is 0 Å². The van der Waals surface area contributed by atoms with E-state index in [0.29, 0.717) is 13.2 Å². The summed E-state index contributed by atoms with van der Waals surface area (Å²) in [5.74, 6) is -0.634. The molecule has 6 heteroatoms. The van der Waals surface area contributed by atoms with E-state index in [9.17, 15) is 0 Å². The Morgan fingerprint density at radius 3 is 2.00 bits per heavy atom. The van der Waals surface area contributed by atoms with Gasteiger partial charge < -0.3 is 9.47 Å². The molecule has 0 bridgehead atoms. The van der Waals surface area contributed by atoms with E-state index in [1.54, 1.807) is 0 Å². The Hall–Kier alpha value is 0.280. The fraction of sp³-hybridized carbons (Fsp3) is 1.00. The quantitative estimate of drug-likeness (QED) is 0.483. The van der Waals surface area contributed by atoms with Gasteiger partial charge in [0.25, 0.3) is 0 Å². The molecule has 0 radical (unpaired) electrons. The van der Waals surface area contributed by atoms with Crippen LogP contribution in [0.4, 0.5) is 0 Å². The highest BCUT2D eigenvalue weighted by atomic mass is 79.9. The smallest absolute Gasteiger partial charge is 0.227 e. The molecule has 0 aromatic heterocycles. The zero-order chi connectivity index (χ0) is 12.1. The Bertz CT molecular complexity index is 202. The number of likely N-dealkylation sites (N-methyl/N-ethyl adjacent to an activating group) is 2. The van der Waals surface area contributed by atoms with Gasteiger partial charge in [-0.3, -0.25) is 16.0 Å². The maximum atomic E-state index is 5.84. The highest BCUT2D eigenvalue weighted by Gasteiger charge is 2.42. The van der Waals surface area contributed by atoms with Gasteiger partial charge in [-0.15, -0.1) is 0 Å². The van der Waals surface area contributed by atoms with Crippen molar-refractivity contribution in [3.63, 3.8) is 0 Å². The summed E-state index contributed by atoms with van der Waals surface area (Å²) in [5.41, 5.74) is -0.283. The van der Waals surface area contributed by atoms with Gasteiger partial charge >= 0.3 is 0 Å². The molecule has 0 saturated carbocycles. The van der Waals surface area contributed by atoms with Crippen LogP contribution in [0.15, 0.2) is 0 Å². The van der Waals surface area contributed by atoms with Gasteiger partial charge in [0.2, 0.25) is 5.91 Å². The van der Waals surface area contributed by atoms with Crippen LogP contribution < -0.4 is 16.0 Å². The molecule has 1 aliphatic rings. The van der Waals surface area contributed by atoms with Crippen molar-refractivity contribution < 1.29 is 9.47 Å². The van der Waals surface area contributed by atoms with E-state index in [2.05, 4.69) is 31.9 Å². The summed E-state index contributed by atoms with van der Waals surface area (Å²) >= 11 is 3.42. The lowest BCUT2D eigenvalue weighted by Crippen LogP contribution is -2.68. The molecule has 0 aromatic carbocycles. The van der Waals surface area contributed by atoms with E-state index in [1.165, 1.54) is 0 Å². The molecule has 5 nitrogen and oxygen atoms in total. The van der Waals surface area contributed by atoms with Crippen LogP contribution in [0.3, 0.4) is 0 Å². The van der Waals surface area contributed by atoms with E-state index >= 15 is 0 Å². The van der Waals surface area contributed by atoms with Gasteiger partial charge in [-0.25, -0.2) is 0 Å². The van der Waals surface area contributed by atoms with E-state index < -0.39 is 5.91 Å². The summed E-state index contributed by atoms with van der Waals surface area (Å²) in [6.45, 7) is 1.15. The number of ether oxygens (including phenoxy) is 2. The van der Waals surface area contributed by atoms with Crippen LogP contribution in [-0.2, 0) is 9.47 Å². The third-order valence-corrected chi connectivity index (χ3v) is 3.64. The largest absolute Gasteiger partial charge is 0.334 e. The van der Waals surface area contributed by atoms with Crippen LogP contribution in [0, 0.1) is 0 Å². The van der Waals surface area contributed by atoms with Crippen LogP contribution >= 0.6 is 15.9 Å². The average molecular weight is 296 g/mol. The Labute approximate surface area is 106 Å². The molecule has 1 rings (SSSR count). The number of alkyl halides is 1. The fourth-order valence-electron chi connectivity index (χ4n) is 1.69. The molecular weight excluding hydrogens is 274 g/mol. The van der Waals surface area contributed by atoms with Crippen molar-refractivity contribution in [2.75, 3.05) is 39.7 Å². The van der Waals surface area contributed by atoms with Crippen LogP contribution in [0.25, 0.3) is 0 Å². The minimum Gasteiger partial charge on any atom is -0.334 e. The third kappa shape index (κ3) is 3.15. The van der Waals surface area contributed by atoms with Crippen LogP contribution in [0.1, 0.15) is 12.8 Å². The Kier molecular flexibility index (Phi) is 5.63. The Morgan fingerprint density at radius 2 is 1.62 bits per heavy atom. The number of hydrogen-bond donors (Lipinski definition) is 3. The summed E-state index contributed by atoms with van der Waals surface area (Å²) < 4.78 is 11.7. The molecule has 3 N–H and O–H groups in total. The molecule has 96 valence electrons. The highest BCUT2D eigenvalue weighted by molar-refractivity contribution is 9.09. The van der Waals surface area contributed by atoms with E-state index in [4.69, 9.17) is 9.47 Å². The summed E-state index contributed by atoms with van der Waals surface area (Å²) in [5, 5.41) is 10.4. The maximum absolute atomic E-state index is 5.84. The molecule has 0 amide bonds. The van der Waals surface area contributed by atoms with Crippen molar-refractivity contribution in [2.45, 2.75) is 24.4 Å². The van der Waals surface area contributed by atoms with Gasteiger partial charge in [-0.1, -0.05) is 15.9 Å². The number of halogens is 1. The van der Waals surface area contributed by atoms with Crippen LogP contribution in [-0.4, -0.2) is 51.3 Å². The van der Waals surface area contributed by atoms with E-state index in [0.717, 1.165) is 18.2 Å². The molecule has 0 aliphatic carbocycles. The van der Waals surface area contributed by atoms with E-state index in [-0.39, 0.29) is 5.66 Å². The first-order chi connectivity index (χ1) is 7.66. The molecular formula is C10H22BrN3O2. The zero-order valence-corrected chi connectivity index (χ0v) is 11.8. The molecule has 0 spiro atoms. The molecule has 16 heavy (non-hydrogen) atoms. The first-order valence-electron chi connectivity index (χ1n) is 5.56. The topological polar surface area (TPSA) is 54.5 Å². The lowest BCUT2D eigenvalue weighted by Gasteiger charge is -2.45. The SMILES string of the molecule is CNC1(NC)COC(CCCBr)(NC)OC1. The predicted octanol–water partition coefficient (Wildman–Crippen LogP) is 0.217. The molecule has 0 unspecified atom stereocenters. The van der Waals surface area contributed by atoms with Gasteiger partial charge in [0.05, 0.1) is 13.2 Å². The zero-order valence-electron chi connectivity index (χ0n) is 10.2. The molecule has 0 atom stereocenters. The summed E-state index contributed by atoms with van der Waals surface area (Å²) in [7, 11) is 5.65. The summed E-state index contributed by atoms with van der Waals surface area (Å²) in [6.07, 6.45) is 1.84. The van der Waals surface area contributed by atoms with Gasteiger partial charge in [0, 0.05) is 11.8 Å². The standard InChI is InChI=1S/C10H22BrN3O2/c1-12-9(13-2)7-15-10(14-3,16-8-9)5-4-6-11/h12-14H,4-8H2,1-3H3. The Balaban J connectivity index is 2.55. The molecule has 0 aromatic rings. The lowest BCUT2D eigenvalue weighted by atomic mass is 10.1.